The number of halogens is 1. The van der Waals surface area contributed by atoms with E-state index in [0.29, 0.717) is 18.7 Å². The topological polar surface area (TPSA) is 38.8 Å². The van der Waals surface area contributed by atoms with Crippen molar-refractivity contribution >= 4 is 5.91 Å². The van der Waals surface area contributed by atoms with Crippen LogP contribution >= 0.6 is 0 Å². The molecule has 2 aliphatic heterocycles. The number of benzene rings is 2. The van der Waals surface area contributed by atoms with Crippen molar-refractivity contribution in [3.05, 3.63) is 58.9 Å². The van der Waals surface area contributed by atoms with Gasteiger partial charge in [0.15, 0.2) is 11.5 Å². The van der Waals surface area contributed by atoms with Gasteiger partial charge in [-0.1, -0.05) is 12.1 Å². The number of nitrogens with zero attached hydrogens (tertiary/aromatic N) is 1. The molecule has 118 valence electrons. The van der Waals surface area contributed by atoms with Crippen LogP contribution in [-0.2, 0) is 24.2 Å². The van der Waals surface area contributed by atoms with Gasteiger partial charge < -0.3 is 14.4 Å². The molecule has 23 heavy (non-hydrogen) atoms. The Hall–Kier alpha value is -2.56. The molecule has 5 heteroatoms. The van der Waals surface area contributed by atoms with Gasteiger partial charge in [-0.15, -0.1) is 0 Å². The zero-order valence-electron chi connectivity index (χ0n) is 12.5. The summed E-state index contributed by atoms with van der Waals surface area (Å²) in [5.74, 6) is 1.22. The largest absolute Gasteiger partial charge is 0.454 e. The highest BCUT2D eigenvalue weighted by Gasteiger charge is 2.24. The first-order chi connectivity index (χ1) is 11.2. The molecule has 0 bridgehead atoms. The molecule has 0 atom stereocenters. The van der Waals surface area contributed by atoms with Crippen molar-refractivity contribution in [2.75, 3.05) is 13.3 Å². The Labute approximate surface area is 133 Å². The van der Waals surface area contributed by atoms with Crippen molar-refractivity contribution in [3.8, 4) is 11.5 Å². The van der Waals surface area contributed by atoms with E-state index in [0.717, 1.165) is 23.5 Å². The quantitative estimate of drug-likeness (QED) is 0.855. The third kappa shape index (κ3) is 2.74. The summed E-state index contributed by atoms with van der Waals surface area (Å²) < 4.78 is 24.0. The number of hydrogen-bond donors (Lipinski definition) is 0. The minimum atomic E-state index is -0.313. The number of hydrogen-bond acceptors (Lipinski definition) is 3. The van der Waals surface area contributed by atoms with E-state index >= 15 is 0 Å². The Balaban J connectivity index is 1.50. The lowest BCUT2D eigenvalue weighted by atomic mass is 9.98. The van der Waals surface area contributed by atoms with Crippen LogP contribution in [0.4, 0.5) is 4.39 Å². The number of rotatable bonds is 2. The highest BCUT2D eigenvalue weighted by molar-refractivity contribution is 5.79. The van der Waals surface area contributed by atoms with Crippen LogP contribution in [-0.4, -0.2) is 24.1 Å². The van der Waals surface area contributed by atoms with Gasteiger partial charge in [-0.05, 0) is 47.4 Å². The number of carbonyl (C=O) groups is 1. The van der Waals surface area contributed by atoms with E-state index in [2.05, 4.69) is 0 Å². The molecule has 2 aliphatic rings. The SMILES string of the molecule is O=C(Cc1cccc(F)c1)N1CCc2cc3c(cc2C1)OCO3. The Morgan fingerprint density at radius 2 is 1.91 bits per heavy atom. The summed E-state index contributed by atoms with van der Waals surface area (Å²) in [5, 5.41) is 0. The van der Waals surface area contributed by atoms with E-state index in [-0.39, 0.29) is 24.9 Å². The second kappa shape index (κ2) is 5.57. The van der Waals surface area contributed by atoms with Crippen molar-refractivity contribution in [1.82, 2.24) is 4.90 Å². The van der Waals surface area contributed by atoms with E-state index in [1.54, 1.807) is 12.1 Å². The average molecular weight is 313 g/mol. The maximum absolute atomic E-state index is 13.2. The van der Waals surface area contributed by atoms with E-state index in [9.17, 15) is 9.18 Å². The lowest BCUT2D eigenvalue weighted by Gasteiger charge is -2.29. The second-order valence-electron chi connectivity index (χ2n) is 5.85. The normalized spacial score (nSPS) is 15.4. The van der Waals surface area contributed by atoms with Crippen LogP contribution in [0.2, 0.25) is 0 Å². The van der Waals surface area contributed by atoms with Crippen molar-refractivity contribution in [2.45, 2.75) is 19.4 Å². The van der Waals surface area contributed by atoms with Gasteiger partial charge in [0.25, 0.3) is 0 Å². The number of amides is 1. The molecule has 4 nitrogen and oxygen atoms in total. The van der Waals surface area contributed by atoms with Crippen LogP contribution in [0.5, 0.6) is 11.5 Å². The van der Waals surface area contributed by atoms with Crippen LogP contribution in [0, 0.1) is 5.82 Å². The standard InChI is InChI=1S/C18H16FNO3/c19-15-3-1-2-12(6-15)7-18(21)20-5-4-13-8-16-17(23-11-22-16)9-14(13)10-20/h1-3,6,8-9H,4-5,7,10-11H2. The highest BCUT2D eigenvalue weighted by atomic mass is 19.1. The number of carbonyl (C=O) groups excluding carboxylic acids is 1. The monoisotopic (exact) mass is 313 g/mol. The van der Waals surface area contributed by atoms with Crippen molar-refractivity contribution in [3.63, 3.8) is 0 Å². The van der Waals surface area contributed by atoms with Gasteiger partial charge in [0.2, 0.25) is 12.7 Å². The first-order valence-corrected chi connectivity index (χ1v) is 7.63. The molecule has 0 radical (unpaired) electrons. The molecule has 4 rings (SSSR count). The maximum Gasteiger partial charge on any atom is 0.231 e. The predicted molar refractivity (Wildman–Crippen MR) is 81.8 cm³/mol. The van der Waals surface area contributed by atoms with Crippen LogP contribution < -0.4 is 9.47 Å². The van der Waals surface area contributed by atoms with Crippen molar-refractivity contribution in [2.24, 2.45) is 0 Å². The minimum Gasteiger partial charge on any atom is -0.454 e. The zero-order valence-corrected chi connectivity index (χ0v) is 12.5. The molecule has 0 aromatic heterocycles. The fourth-order valence-corrected chi connectivity index (χ4v) is 3.09. The van der Waals surface area contributed by atoms with Crippen molar-refractivity contribution < 1.29 is 18.7 Å². The van der Waals surface area contributed by atoms with Crippen LogP contribution in [0.25, 0.3) is 0 Å². The summed E-state index contributed by atoms with van der Waals surface area (Å²) in [6.45, 7) is 1.47. The molecule has 2 aromatic rings. The molecule has 0 unspecified atom stereocenters. The molecule has 0 saturated heterocycles. The summed E-state index contributed by atoms with van der Waals surface area (Å²) in [7, 11) is 0. The lowest BCUT2D eigenvalue weighted by Crippen LogP contribution is -2.36. The zero-order chi connectivity index (χ0) is 15.8. The van der Waals surface area contributed by atoms with Crippen LogP contribution in [0.15, 0.2) is 36.4 Å². The molecule has 0 aliphatic carbocycles. The molecular formula is C18H16FNO3. The molecule has 0 saturated carbocycles. The Kier molecular flexibility index (Phi) is 3.41. The van der Waals surface area contributed by atoms with Gasteiger partial charge >= 0.3 is 0 Å². The molecule has 0 fully saturated rings. The molecule has 2 aromatic carbocycles. The van der Waals surface area contributed by atoms with Crippen LogP contribution in [0.1, 0.15) is 16.7 Å². The van der Waals surface area contributed by atoms with Gasteiger partial charge in [0, 0.05) is 13.1 Å². The Bertz CT molecular complexity index is 775. The molecular weight excluding hydrogens is 297 g/mol. The Morgan fingerprint density at radius 3 is 2.70 bits per heavy atom. The number of fused-ring (bicyclic) bond motifs is 2. The summed E-state index contributed by atoms with van der Waals surface area (Å²) in [6, 6.07) is 10.2. The molecule has 0 N–H and O–H groups in total. The first-order valence-electron chi connectivity index (χ1n) is 7.63. The Morgan fingerprint density at radius 1 is 1.13 bits per heavy atom. The predicted octanol–water partition coefficient (Wildman–Crippen LogP) is 2.68. The third-order valence-corrected chi connectivity index (χ3v) is 4.30. The van der Waals surface area contributed by atoms with Gasteiger partial charge in [-0.2, -0.15) is 0 Å². The maximum atomic E-state index is 13.2. The first kappa shape index (κ1) is 14.1. The summed E-state index contributed by atoms with van der Waals surface area (Å²) in [4.78, 5) is 14.3. The summed E-state index contributed by atoms with van der Waals surface area (Å²) in [5.41, 5.74) is 2.99. The minimum absolute atomic E-state index is 0.0129. The summed E-state index contributed by atoms with van der Waals surface area (Å²) >= 11 is 0. The highest BCUT2D eigenvalue weighted by Crippen LogP contribution is 2.36. The summed E-state index contributed by atoms with van der Waals surface area (Å²) in [6.07, 6.45) is 1.01. The van der Waals surface area contributed by atoms with E-state index in [1.165, 1.54) is 17.7 Å². The molecule has 0 spiro atoms. The van der Waals surface area contributed by atoms with E-state index in [1.807, 2.05) is 17.0 Å². The lowest BCUT2D eigenvalue weighted by molar-refractivity contribution is -0.131. The fraction of sp³-hybridized carbons (Fsp3) is 0.278. The van der Waals surface area contributed by atoms with E-state index < -0.39 is 0 Å². The second-order valence-corrected chi connectivity index (χ2v) is 5.85. The van der Waals surface area contributed by atoms with Gasteiger partial charge in [-0.3, -0.25) is 4.79 Å². The fourth-order valence-electron chi connectivity index (χ4n) is 3.09. The van der Waals surface area contributed by atoms with E-state index in [4.69, 9.17) is 9.47 Å². The number of ether oxygens (including phenoxy) is 2. The van der Waals surface area contributed by atoms with Gasteiger partial charge in [-0.25, -0.2) is 4.39 Å². The molecule has 2 heterocycles. The third-order valence-electron chi connectivity index (χ3n) is 4.30. The average Bonchev–Trinajstić information content (AvgIpc) is 2.99. The van der Waals surface area contributed by atoms with Gasteiger partial charge in [0.1, 0.15) is 5.82 Å². The van der Waals surface area contributed by atoms with Crippen molar-refractivity contribution in [1.29, 1.82) is 0 Å². The van der Waals surface area contributed by atoms with Gasteiger partial charge in [0.05, 0.1) is 6.42 Å². The molecule has 1 amide bonds. The smallest absolute Gasteiger partial charge is 0.231 e. The van der Waals surface area contributed by atoms with Crippen LogP contribution in [0.3, 0.4) is 0 Å².